The normalized spacial score (nSPS) is 7.32. The van der Waals surface area contributed by atoms with Gasteiger partial charge in [0.05, 0.1) is 7.11 Å². The molecule has 0 heterocycles. The van der Waals surface area contributed by atoms with Crippen LogP contribution in [0.4, 0.5) is 0 Å². The van der Waals surface area contributed by atoms with E-state index in [9.17, 15) is 4.79 Å². The zero-order valence-corrected chi connectivity index (χ0v) is 13.9. The number of hydrogen-bond acceptors (Lipinski definition) is 3. The lowest BCUT2D eigenvalue weighted by atomic mass is 10.2. The first-order chi connectivity index (χ1) is 8.79. The average molecular weight is 335 g/mol. The maximum atomic E-state index is 9.59. The summed E-state index contributed by atoms with van der Waals surface area (Å²) in [4.78, 5) is 18.6. The monoisotopic (exact) mass is 334 g/mol. The number of aryl methyl sites for hydroxylation is 1. The minimum Gasteiger partial charge on any atom is -0.481 e. The smallest absolute Gasteiger partial charge is 0.302 e. The number of hydrogen-bond donors (Lipinski definition) is 1. The van der Waals surface area contributed by atoms with Gasteiger partial charge in [0.15, 0.2) is 0 Å². The SMILES string of the molecule is CC.CC(=O)O.COC(C)=O.Cc1cccc(Br)c1. The molecule has 0 saturated heterocycles. The number of carboxylic acid groups (broad SMARTS) is 1. The second kappa shape index (κ2) is 16.6. The van der Waals surface area contributed by atoms with E-state index in [0.717, 1.165) is 11.4 Å². The van der Waals surface area contributed by atoms with Crippen LogP contribution >= 0.6 is 15.9 Å². The molecule has 110 valence electrons. The number of rotatable bonds is 0. The molecule has 0 fully saturated rings. The molecule has 4 nitrogen and oxygen atoms in total. The van der Waals surface area contributed by atoms with Gasteiger partial charge in [-0.25, -0.2) is 0 Å². The van der Waals surface area contributed by atoms with Crippen LogP contribution < -0.4 is 0 Å². The van der Waals surface area contributed by atoms with Crippen molar-refractivity contribution in [3.8, 4) is 0 Å². The topological polar surface area (TPSA) is 63.6 Å². The van der Waals surface area contributed by atoms with E-state index < -0.39 is 5.97 Å². The highest BCUT2D eigenvalue weighted by Crippen LogP contribution is 2.09. The third kappa shape index (κ3) is 31.5. The fraction of sp³-hybridized carbons (Fsp3) is 0.429. The molecule has 1 aromatic carbocycles. The standard InChI is InChI=1S/C7H7Br.C3H6O2.C2H4O2.C2H6/c1-6-3-2-4-7(8)5-6;1-3(4)5-2;1-2(3)4;1-2/h2-5H,1H3;1-2H3;1H3,(H,3,4);1-2H3. The summed E-state index contributed by atoms with van der Waals surface area (Å²) in [5, 5.41) is 7.42. The minimum absolute atomic E-state index is 0.245. The van der Waals surface area contributed by atoms with E-state index in [2.05, 4.69) is 39.7 Å². The Morgan fingerprint density at radius 3 is 1.74 bits per heavy atom. The van der Waals surface area contributed by atoms with Crippen LogP contribution in [0.3, 0.4) is 0 Å². The zero-order chi connectivity index (χ0) is 15.8. The van der Waals surface area contributed by atoms with Crippen LogP contribution in [0.2, 0.25) is 0 Å². The molecule has 0 atom stereocenters. The number of carbonyl (C=O) groups excluding carboxylic acids is 1. The number of ether oxygens (including phenoxy) is 1. The predicted molar refractivity (Wildman–Crippen MR) is 81.2 cm³/mol. The number of benzene rings is 1. The Morgan fingerprint density at radius 2 is 1.58 bits per heavy atom. The quantitative estimate of drug-likeness (QED) is 0.727. The highest BCUT2D eigenvalue weighted by atomic mass is 79.9. The third-order valence-corrected chi connectivity index (χ3v) is 1.76. The molecule has 0 spiro atoms. The number of aliphatic carboxylic acids is 1. The van der Waals surface area contributed by atoms with Crippen LogP contribution in [0, 0.1) is 6.92 Å². The third-order valence-electron chi connectivity index (χ3n) is 1.27. The molecule has 1 N–H and O–H groups in total. The van der Waals surface area contributed by atoms with Crippen molar-refractivity contribution in [1.29, 1.82) is 0 Å². The van der Waals surface area contributed by atoms with Gasteiger partial charge in [-0.3, -0.25) is 9.59 Å². The maximum Gasteiger partial charge on any atom is 0.302 e. The lowest BCUT2D eigenvalue weighted by Crippen LogP contribution is -1.88. The van der Waals surface area contributed by atoms with Crippen molar-refractivity contribution < 1.29 is 19.4 Å². The van der Waals surface area contributed by atoms with Gasteiger partial charge in [-0.2, -0.15) is 0 Å². The Balaban J connectivity index is -0.000000203. The predicted octanol–water partition coefficient (Wildman–Crippen LogP) is 4.05. The van der Waals surface area contributed by atoms with Gasteiger partial charge in [0.1, 0.15) is 0 Å². The average Bonchev–Trinajstić information content (AvgIpc) is 2.31. The van der Waals surface area contributed by atoms with Gasteiger partial charge < -0.3 is 9.84 Å². The van der Waals surface area contributed by atoms with Crippen molar-refractivity contribution in [2.24, 2.45) is 0 Å². The Kier molecular flexibility index (Phi) is 20.0. The van der Waals surface area contributed by atoms with Gasteiger partial charge in [0.2, 0.25) is 0 Å². The molecule has 0 aliphatic carbocycles. The van der Waals surface area contributed by atoms with Crippen LogP contribution in [0.1, 0.15) is 33.3 Å². The van der Waals surface area contributed by atoms with Gasteiger partial charge >= 0.3 is 5.97 Å². The number of halogens is 1. The molecule has 1 rings (SSSR count). The number of methoxy groups -OCH3 is 1. The fourth-order valence-electron chi connectivity index (χ4n) is 0.606. The summed E-state index contributed by atoms with van der Waals surface area (Å²) in [6.07, 6.45) is 0. The molecule has 5 heteroatoms. The summed E-state index contributed by atoms with van der Waals surface area (Å²) in [6, 6.07) is 8.21. The molecule has 0 radical (unpaired) electrons. The lowest BCUT2D eigenvalue weighted by Gasteiger charge is -1.89. The zero-order valence-electron chi connectivity index (χ0n) is 12.4. The van der Waals surface area contributed by atoms with E-state index in [1.807, 2.05) is 26.0 Å². The van der Waals surface area contributed by atoms with E-state index in [1.165, 1.54) is 19.6 Å². The first kappa shape index (κ1) is 22.8. The molecule has 0 bridgehead atoms. The Labute approximate surface area is 123 Å². The molecule has 0 saturated carbocycles. The summed E-state index contributed by atoms with van der Waals surface area (Å²) in [7, 11) is 1.35. The second-order valence-electron chi connectivity index (χ2n) is 3.01. The van der Waals surface area contributed by atoms with Crippen molar-refractivity contribution in [1.82, 2.24) is 0 Å². The van der Waals surface area contributed by atoms with Crippen molar-refractivity contribution in [3.05, 3.63) is 34.3 Å². The molecule has 0 aliphatic rings. The summed E-state index contributed by atoms with van der Waals surface area (Å²) in [5.74, 6) is -1.08. The van der Waals surface area contributed by atoms with Crippen LogP contribution in [0.15, 0.2) is 28.7 Å². The van der Waals surface area contributed by atoms with E-state index in [0.29, 0.717) is 0 Å². The molecular weight excluding hydrogens is 312 g/mol. The van der Waals surface area contributed by atoms with Gasteiger partial charge in [-0.05, 0) is 19.1 Å². The van der Waals surface area contributed by atoms with Crippen LogP contribution in [-0.2, 0) is 14.3 Å². The van der Waals surface area contributed by atoms with Crippen molar-refractivity contribution in [2.45, 2.75) is 34.6 Å². The summed E-state index contributed by atoms with van der Waals surface area (Å²) < 4.78 is 5.26. The van der Waals surface area contributed by atoms with Gasteiger partial charge in [-0.15, -0.1) is 0 Å². The van der Waals surface area contributed by atoms with Crippen LogP contribution in [0.25, 0.3) is 0 Å². The summed E-state index contributed by atoms with van der Waals surface area (Å²) >= 11 is 3.36. The second-order valence-corrected chi connectivity index (χ2v) is 3.93. The Morgan fingerprint density at radius 1 is 1.21 bits per heavy atom. The van der Waals surface area contributed by atoms with Gasteiger partial charge in [-0.1, -0.05) is 47.5 Å². The Bertz CT molecular complexity index is 330. The summed E-state index contributed by atoms with van der Waals surface area (Å²) in [5.41, 5.74) is 1.29. The molecule has 0 aliphatic heterocycles. The molecular formula is C14H23BrO4. The van der Waals surface area contributed by atoms with Crippen molar-refractivity contribution in [3.63, 3.8) is 0 Å². The maximum absolute atomic E-state index is 9.59. The molecule has 19 heavy (non-hydrogen) atoms. The van der Waals surface area contributed by atoms with E-state index in [1.54, 1.807) is 0 Å². The van der Waals surface area contributed by atoms with Crippen LogP contribution in [0.5, 0.6) is 0 Å². The molecule has 0 amide bonds. The molecule has 1 aromatic rings. The number of carboxylic acids is 1. The highest BCUT2D eigenvalue weighted by Gasteiger charge is 1.82. The van der Waals surface area contributed by atoms with Gasteiger partial charge in [0, 0.05) is 18.3 Å². The van der Waals surface area contributed by atoms with E-state index in [4.69, 9.17) is 9.90 Å². The molecule has 0 aromatic heterocycles. The Hall–Kier alpha value is -1.36. The fourth-order valence-corrected chi connectivity index (χ4v) is 1.12. The van der Waals surface area contributed by atoms with Crippen LogP contribution in [-0.4, -0.2) is 24.2 Å². The van der Waals surface area contributed by atoms with Crippen molar-refractivity contribution >= 4 is 27.9 Å². The number of esters is 1. The first-order valence-corrected chi connectivity index (χ1v) is 6.55. The van der Waals surface area contributed by atoms with Gasteiger partial charge in [0.25, 0.3) is 5.97 Å². The molecule has 0 unspecified atom stereocenters. The number of carbonyl (C=O) groups is 2. The van der Waals surface area contributed by atoms with Crippen molar-refractivity contribution in [2.75, 3.05) is 7.11 Å². The van der Waals surface area contributed by atoms with E-state index >= 15 is 0 Å². The largest absolute Gasteiger partial charge is 0.481 e. The minimum atomic E-state index is -0.833. The summed E-state index contributed by atoms with van der Waals surface area (Å²) in [6.45, 7) is 8.52. The highest BCUT2D eigenvalue weighted by molar-refractivity contribution is 9.10. The first-order valence-electron chi connectivity index (χ1n) is 5.75. The lowest BCUT2D eigenvalue weighted by molar-refractivity contribution is -0.138. The van der Waals surface area contributed by atoms with E-state index in [-0.39, 0.29) is 5.97 Å².